The Bertz CT molecular complexity index is 537. The second kappa shape index (κ2) is 5.79. The standard InChI is InChI=1S/C16H23NO3S/c1-10-9-13(21-11(10)2)14(18)17-8-6-7-12(17)15(19)20-16(3,4)5/h9,12H,6-8H2,1-5H3/t12-/m0/s1. The van der Waals surface area contributed by atoms with Crippen LogP contribution in [0.1, 0.15) is 53.7 Å². The molecule has 1 atom stereocenters. The highest BCUT2D eigenvalue weighted by molar-refractivity contribution is 7.14. The molecule has 0 aliphatic carbocycles. The van der Waals surface area contributed by atoms with Gasteiger partial charge in [-0.1, -0.05) is 0 Å². The van der Waals surface area contributed by atoms with Crippen LogP contribution >= 0.6 is 11.3 Å². The highest BCUT2D eigenvalue weighted by Crippen LogP contribution is 2.27. The van der Waals surface area contributed by atoms with Crippen molar-refractivity contribution in [2.45, 2.75) is 59.1 Å². The monoisotopic (exact) mass is 309 g/mol. The van der Waals surface area contributed by atoms with Gasteiger partial charge in [-0.2, -0.15) is 0 Å². The van der Waals surface area contributed by atoms with Crippen LogP contribution in [0.4, 0.5) is 0 Å². The van der Waals surface area contributed by atoms with E-state index < -0.39 is 11.6 Å². The number of esters is 1. The largest absolute Gasteiger partial charge is 0.458 e. The molecule has 0 radical (unpaired) electrons. The number of carbonyl (C=O) groups excluding carboxylic acids is 2. The zero-order valence-electron chi connectivity index (χ0n) is 13.4. The molecular weight excluding hydrogens is 286 g/mol. The van der Waals surface area contributed by atoms with Gasteiger partial charge in [-0.3, -0.25) is 4.79 Å². The van der Waals surface area contributed by atoms with Gasteiger partial charge >= 0.3 is 5.97 Å². The number of hydrogen-bond donors (Lipinski definition) is 0. The van der Waals surface area contributed by atoms with E-state index in [-0.39, 0.29) is 11.9 Å². The van der Waals surface area contributed by atoms with Gasteiger partial charge in [0, 0.05) is 11.4 Å². The highest BCUT2D eigenvalue weighted by atomic mass is 32.1. The molecule has 2 heterocycles. The Hall–Kier alpha value is -1.36. The van der Waals surface area contributed by atoms with E-state index in [4.69, 9.17) is 4.74 Å². The Morgan fingerprint density at radius 1 is 1.33 bits per heavy atom. The van der Waals surface area contributed by atoms with Crippen molar-refractivity contribution in [3.63, 3.8) is 0 Å². The first-order chi connectivity index (χ1) is 9.69. The van der Waals surface area contributed by atoms with Crippen LogP contribution < -0.4 is 0 Å². The summed E-state index contributed by atoms with van der Waals surface area (Å²) in [5.74, 6) is -0.345. The fourth-order valence-electron chi connectivity index (χ4n) is 2.44. The zero-order chi connectivity index (χ0) is 15.8. The number of amides is 1. The number of rotatable bonds is 2. The van der Waals surface area contributed by atoms with Crippen LogP contribution in [0.3, 0.4) is 0 Å². The summed E-state index contributed by atoms with van der Waals surface area (Å²) in [6.45, 7) is 10.2. The molecule has 0 N–H and O–H groups in total. The number of carbonyl (C=O) groups is 2. The summed E-state index contributed by atoms with van der Waals surface area (Å²) in [7, 11) is 0. The molecule has 4 nitrogen and oxygen atoms in total. The molecule has 1 aliphatic heterocycles. The molecule has 0 aromatic carbocycles. The lowest BCUT2D eigenvalue weighted by Crippen LogP contribution is -2.43. The molecule has 0 spiro atoms. The number of aryl methyl sites for hydroxylation is 2. The molecule has 21 heavy (non-hydrogen) atoms. The Morgan fingerprint density at radius 2 is 2.00 bits per heavy atom. The summed E-state index contributed by atoms with van der Waals surface area (Å²) in [5.41, 5.74) is 0.598. The maximum atomic E-state index is 12.6. The number of ether oxygens (including phenoxy) is 1. The minimum absolute atomic E-state index is 0.0513. The van der Waals surface area contributed by atoms with E-state index in [1.54, 1.807) is 4.90 Å². The summed E-state index contributed by atoms with van der Waals surface area (Å²) < 4.78 is 5.44. The molecule has 5 heteroatoms. The predicted molar refractivity (Wildman–Crippen MR) is 83.7 cm³/mol. The third-order valence-electron chi connectivity index (χ3n) is 3.57. The van der Waals surface area contributed by atoms with Crippen LogP contribution in [-0.4, -0.2) is 35.0 Å². The maximum absolute atomic E-state index is 12.6. The number of nitrogens with zero attached hydrogens (tertiary/aromatic N) is 1. The number of likely N-dealkylation sites (tertiary alicyclic amines) is 1. The first kappa shape index (κ1) is 16.0. The molecule has 0 unspecified atom stereocenters. The van der Waals surface area contributed by atoms with E-state index in [2.05, 4.69) is 0 Å². The van der Waals surface area contributed by atoms with Gasteiger partial charge in [0.25, 0.3) is 5.91 Å². The minimum Gasteiger partial charge on any atom is -0.458 e. The first-order valence-corrected chi connectivity index (χ1v) is 8.11. The van der Waals surface area contributed by atoms with Crippen molar-refractivity contribution in [2.24, 2.45) is 0 Å². The molecular formula is C16H23NO3S. The van der Waals surface area contributed by atoms with Crippen molar-refractivity contribution in [2.75, 3.05) is 6.54 Å². The van der Waals surface area contributed by atoms with Crippen LogP contribution in [0.25, 0.3) is 0 Å². The van der Waals surface area contributed by atoms with Crippen LogP contribution in [0.5, 0.6) is 0 Å². The summed E-state index contributed by atoms with van der Waals surface area (Å²) in [5, 5.41) is 0. The third kappa shape index (κ3) is 3.64. The molecule has 0 bridgehead atoms. The van der Waals surface area contributed by atoms with Crippen molar-refractivity contribution in [3.8, 4) is 0 Å². The van der Waals surface area contributed by atoms with Crippen LogP contribution in [0, 0.1) is 13.8 Å². The van der Waals surface area contributed by atoms with Gasteiger partial charge in [-0.25, -0.2) is 4.79 Å². The first-order valence-electron chi connectivity index (χ1n) is 7.30. The molecule has 116 valence electrons. The third-order valence-corrected chi connectivity index (χ3v) is 4.71. The lowest BCUT2D eigenvalue weighted by Gasteiger charge is -2.27. The zero-order valence-corrected chi connectivity index (χ0v) is 14.2. The molecule has 2 rings (SSSR count). The van der Waals surface area contributed by atoms with Crippen LogP contribution in [0.15, 0.2) is 6.07 Å². The van der Waals surface area contributed by atoms with Gasteiger partial charge in [-0.15, -0.1) is 11.3 Å². The Labute approximate surface area is 130 Å². The smallest absolute Gasteiger partial charge is 0.329 e. The van der Waals surface area contributed by atoms with E-state index in [0.29, 0.717) is 17.8 Å². The van der Waals surface area contributed by atoms with Gasteiger partial charge in [0.15, 0.2) is 0 Å². The van der Waals surface area contributed by atoms with Crippen LogP contribution in [0.2, 0.25) is 0 Å². The Morgan fingerprint density at radius 3 is 2.52 bits per heavy atom. The summed E-state index contributed by atoms with van der Waals surface area (Å²) in [4.78, 5) is 28.4. The predicted octanol–water partition coefficient (Wildman–Crippen LogP) is 3.31. The fraction of sp³-hybridized carbons (Fsp3) is 0.625. The molecule has 0 saturated carbocycles. The molecule has 1 saturated heterocycles. The van der Waals surface area contributed by atoms with Crippen molar-refractivity contribution < 1.29 is 14.3 Å². The van der Waals surface area contributed by atoms with Gasteiger partial charge < -0.3 is 9.64 Å². The number of thiophene rings is 1. The van der Waals surface area contributed by atoms with E-state index in [1.165, 1.54) is 11.3 Å². The van der Waals surface area contributed by atoms with E-state index in [9.17, 15) is 9.59 Å². The van der Waals surface area contributed by atoms with Crippen molar-refractivity contribution in [1.82, 2.24) is 4.90 Å². The SMILES string of the molecule is Cc1cc(C(=O)N2CCC[C@H]2C(=O)OC(C)(C)C)sc1C. The lowest BCUT2D eigenvalue weighted by molar-refractivity contribution is -0.159. The molecule has 1 fully saturated rings. The van der Waals surface area contributed by atoms with E-state index in [0.717, 1.165) is 16.9 Å². The average molecular weight is 309 g/mol. The second-order valence-corrected chi connectivity index (χ2v) is 7.80. The van der Waals surface area contributed by atoms with Gasteiger partial charge in [0.2, 0.25) is 0 Å². The Balaban J connectivity index is 2.14. The highest BCUT2D eigenvalue weighted by Gasteiger charge is 2.37. The van der Waals surface area contributed by atoms with Gasteiger partial charge in [-0.05, 0) is 59.1 Å². The van der Waals surface area contributed by atoms with Crippen molar-refractivity contribution >= 4 is 23.2 Å². The fourth-order valence-corrected chi connectivity index (χ4v) is 3.43. The van der Waals surface area contributed by atoms with E-state index in [1.807, 2.05) is 40.7 Å². The van der Waals surface area contributed by atoms with Crippen LogP contribution in [-0.2, 0) is 9.53 Å². The Kier molecular flexibility index (Phi) is 4.42. The van der Waals surface area contributed by atoms with E-state index >= 15 is 0 Å². The quantitative estimate of drug-likeness (QED) is 0.787. The normalized spacial score (nSPS) is 18.9. The van der Waals surface area contributed by atoms with Gasteiger partial charge in [0.1, 0.15) is 11.6 Å². The summed E-state index contributed by atoms with van der Waals surface area (Å²) in [6, 6.07) is 1.46. The average Bonchev–Trinajstić information content (AvgIpc) is 2.94. The molecule has 1 amide bonds. The topological polar surface area (TPSA) is 46.6 Å². The molecule has 1 aliphatic rings. The second-order valence-electron chi connectivity index (χ2n) is 6.54. The summed E-state index contributed by atoms with van der Waals surface area (Å²) >= 11 is 1.49. The lowest BCUT2D eigenvalue weighted by atomic mass is 10.1. The maximum Gasteiger partial charge on any atom is 0.329 e. The minimum atomic E-state index is -0.523. The molecule has 1 aromatic rings. The molecule has 1 aromatic heterocycles. The summed E-state index contributed by atoms with van der Waals surface area (Å²) in [6.07, 6.45) is 1.53. The number of hydrogen-bond acceptors (Lipinski definition) is 4. The van der Waals surface area contributed by atoms with Gasteiger partial charge in [0.05, 0.1) is 4.88 Å². The van der Waals surface area contributed by atoms with Crippen molar-refractivity contribution in [3.05, 3.63) is 21.4 Å². The van der Waals surface area contributed by atoms with Crippen molar-refractivity contribution in [1.29, 1.82) is 0 Å².